The molecule has 0 spiro atoms. The van der Waals surface area contributed by atoms with E-state index in [2.05, 4.69) is 20.9 Å². The Morgan fingerprint density at radius 2 is 1.93 bits per heavy atom. The Morgan fingerprint density at radius 1 is 1.07 bits per heavy atom. The van der Waals surface area contributed by atoms with Gasteiger partial charge in [0.1, 0.15) is 17.0 Å². The number of rotatable bonds is 4. The maximum atomic E-state index is 13.1. The molecule has 3 aromatic rings. The van der Waals surface area contributed by atoms with Crippen molar-refractivity contribution >= 4 is 39.2 Å². The molecule has 2 aliphatic rings. The van der Waals surface area contributed by atoms with Crippen molar-refractivity contribution in [3.8, 4) is 0 Å². The van der Waals surface area contributed by atoms with E-state index in [1.54, 1.807) is 17.7 Å². The fourth-order valence-electron chi connectivity index (χ4n) is 4.23. The summed E-state index contributed by atoms with van der Waals surface area (Å²) < 4.78 is 0. The first-order valence-corrected chi connectivity index (χ1v) is 11.2. The molecule has 4 heterocycles. The number of aromatic nitrogens is 2. The molecule has 0 bridgehead atoms. The van der Waals surface area contributed by atoms with Gasteiger partial charge in [-0.2, -0.15) is 0 Å². The summed E-state index contributed by atoms with van der Waals surface area (Å²) in [6.07, 6.45) is 3.17. The van der Waals surface area contributed by atoms with Gasteiger partial charge in [0.2, 0.25) is 5.91 Å². The lowest BCUT2D eigenvalue weighted by molar-refractivity contribution is -0.128. The van der Waals surface area contributed by atoms with Crippen LogP contribution < -0.4 is 4.90 Å². The van der Waals surface area contributed by atoms with Gasteiger partial charge in [-0.1, -0.05) is 12.1 Å². The molecule has 2 saturated heterocycles. The molecular weight excluding hydrogens is 398 g/mol. The third-order valence-corrected chi connectivity index (χ3v) is 6.65. The number of hydrogen-bond acceptors (Lipinski definition) is 6. The van der Waals surface area contributed by atoms with Gasteiger partial charge in [-0.25, -0.2) is 9.97 Å². The molecule has 8 heteroatoms. The maximum Gasteiger partial charge on any atom is 0.253 e. The number of piperazine rings is 1. The minimum atomic E-state index is 0.0487. The van der Waals surface area contributed by atoms with E-state index >= 15 is 0 Å². The highest BCUT2D eigenvalue weighted by atomic mass is 32.1. The van der Waals surface area contributed by atoms with Crippen LogP contribution in [0.1, 0.15) is 28.8 Å². The Balaban J connectivity index is 1.25. The number of nitrogens with zero attached hydrogens (tertiary/aromatic N) is 5. The van der Waals surface area contributed by atoms with Crippen LogP contribution in [0.15, 0.2) is 42.0 Å². The molecule has 2 aromatic heterocycles. The molecule has 0 saturated carbocycles. The zero-order valence-corrected chi connectivity index (χ0v) is 17.5. The van der Waals surface area contributed by atoms with Gasteiger partial charge in [0, 0.05) is 51.3 Å². The van der Waals surface area contributed by atoms with Gasteiger partial charge in [-0.3, -0.25) is 9.59 Å². The van der Waals surface area contributed by atoms with Gasteiger partial charge in [0.05, 0.1) is 5.39 Å². The summed E-state index contributed by atoms with van der Waals surface area (Å²) in [6, 6.07) is 9.75. The molecule has 0 aliphatic carbocycles. The molecular formula is C22H23N5O2S. The summed E-state index contributed by atoms with van der Waals surface area (Å²) >= 11 is 1.61. The quantitative estimate of drug-likeness (QED) is 0.648. The van der Waals surface area contributed by atoms with Gasteiger partial charge in [0.15, 0.2) is 0 Å². The SMILES string of the molecule is O=C1CCCN1Cc1cccc(C(=O)N2CCN(c3ncnc4sccc34)CC2)c1. The van der Waals surface area contributed by atoms with Gasteiger partial charge < -0.3 is 14.7 Å². The Hall–Kier alpha value is -3.00. The standard InChI is InChI=1S/C22H23N5O2S/c28-19-5-2-7-27(19)14-16-3-1-4-17(13-16)22(29)26-10-8-25(9-11-26)20-18-6-12-30-21(18)24-15-23-20/h1,3-4,6,12-13,15H,2,5,7-11,14H2. The molecule has 2 amide bonds. The van der Waals surface area contributed by atoms with Crippen molar-refractivity contribution in [1.29, 1.82) is 0 Å². The molecule has 0 N–H and O–H groups in total. The lowest BCUT2D eigenvalue weighted by atomic mass is 10.1. The number of fused-ring (bicyclic) bond motifs is 1. The highest BCUT2D eigenvalue weighted by Gasteiger charge is 2.25. The van der Waals surface area contributed by atoms with Crippen LogP contribution >= 0.6 is 11.3 Å². The predicted molar refractivity (Wildman–Crippen MR) is 117 cm³/mol. The minimum absolute atomic E-state index is 0.0487. The topological polar surface area (TPSA) is 69.6 Å². The van der Waals surface area contributed by atoms with Crippen LogP contribution in [0.2, 0.25) is 0 Å². The fourth-order valence-corrected chi connectivity index (χ4v) is 4.95. The zero-order chi connectivity index (χ0) is 20.5. The molecule has 30 heavy (non-hydrogen) atoms. The van der Waals surface area contributed by atoms with Crippen molar-refractivity contribution in [2.45, 2.75) is 19.4 Å². The van der Waals surface area contributed by atoms with Crippen molar-refractivity contribution in [3.63, 3.8) is 0 Å². The summed E-state index contributed by atoms with van der Waals surface area (Å²) in [6.45, 7) is 4.19. The average Bonchev–Trinajstić information content (AvgIpc) is 3.42. The van der Waals surface area contributed by atoms with Gasteiger partial charge in [-0.05, 0) is 35.6 Å². The third kappa shape index (κ3) is 3.63. The van der Waals surface area contributed by atoms with Crippen molar-refractivity contribution in [3.05, 3.63) is 53.2 Å². The first-order chi connectivity index (χ1) is 14.7. The van der Waals surface area contributed by atoms with Gasteiger partial charge >= 0.3 is 0 Å². The van der Waals surface area contributed by atoms with E-state index in [-0.39, 0.29) is 11.8 Å². The molecule has 154 valence electrons. The van der Waals surface area contributed by atoms with Crippen LogP contribution in [-0.2, 0) is 11.3 Å². The first-order valence-electron chi connectivity index (χ1n) is 10.3. The van der Waals surface area contributed by atoms with Crippen molar-refractivity contribution in [2.75, 3.05) is 37.6 Å². The van der Waals surface area contributed by atoms with E-state index in [1.165, 1.54) is 0 Å². The number of hydrogen-bond donors (Lipinski definition) is 0. The molecule has 0 atom stereocenters. The molecule has 0 unspecified atom stereocenters. The first kappa shape index (κ1) is 19.0. The second kappa shape index (κ2) is 8.02. The third-order valence-electron chi connectivity index (χ3n) is 5.83. The monoisotopic (exact) mass is 421 g/mol. The van der Waals surface area contributed by atoms with Crippen LogP contribution in [0.5, 0.6) is 0 Å². The van der Waals surface area contributed by atoms with Crippen LogP contribution in [-0.4, -0.2) is 64.3 Å². The van der Waals surface area contributed by atoms with Crippen LogP contribution in [0, 0.1) is 0 Å². The highest BCUT2D eigenvalue weighted by molar-refractivity contribution is 7.16. The molecule has 1 aromatic carbocycles. The Labute approximate surface area is 178 Å². The number of anilines is 1. The minimum Gasteiger partial charge on any atom is -0.352 e. The largest absolute Gasteiger partial charge is 0.352 e. The Bertz CT molecular complexity index is 1090. The second-order valence-corrected chi connectivity index (χ2v) is 8.63. The normalized spacial score (nSPS) is 17.2. The number of amides is 2. The molecule has 5 rings (SSSR count). The second-order valence-electron chi connectivity index (χ2n) is 7.74. The lowest BCUT2D eigenvalue weighted by Gasteiger charge is -2.35. The lowest BCUT2D eigenvalue weighted by Crippen LogP contribution is -2.49. The van der Waals surface area contributed by atoms with Gasteiger partial charge in [0.25, 0.3) is 5.91 Å². The summed E-state index contributed by atoms with van der Waals surface area (Å²) in [5.74, 6) is 1.20. The summed E-state index contributed by atoms with van der Waals surface area (Å²) in [7, 11) is 0. The molecule has 2 fully saturated rings. The molecule has 2 aliphatic heterocycles. The number of carbonyl (C=O) groups is 2. The van der Waals surface area contributed by atoms with Crippen LogP contribution in [0.3, 0.4) is 0 Å². The van der Waals surface area contributed by atoms with E-state index in [0.717, 1.165) is 47.7 Å². The van der Waals surface area contributed by atoms with E-state index in [1.807, 2.05) is 39.4 Å². The van der Waals surface area contributed by atoms with E-state index < -0.39 is 0 Å². The number of thiophene rings is 1. The Morgan fingerprint density at radius 3 is 2.73 bits per heavy atom. The molecule has 7 nitrogen and oxygen atoms in total. The predicted octanol–water partition coefficient (Wildman–Crippen LogP) is 2.78. The van der Waals surface area contributed by atoms with Crippen molar-refractivity contribution in [2.24, 2.45) is 0 Å². The summed E-state index contributed by atoms with van der Waals surface area (Å²) in [4.78, 5) is 40.8. The van der Waals surface area contributed by atoms with E-state index in [0.29, 0.717) is 31.6 Å². The zero-order valence-electron chi connectivity index (χ0n) is 16.7. The Kier molecular flexibility index (Phi) is 5.08. The van der Waals surface area contributed by atoms with Crippen LogP contribution in [0.4, 0.5) is 5.82 Å². The van der Waals surface area contributed by atoms with E-state index in [9.17, 15) is 9.59 Å². The fraction of sp³-hybridized carbons (Fsp3) is 0.364. The number of benzene rings is 1. The van der Waals surface area contributed by atoms with Crippen molar-refractivity contribution < 1.29 is 9.59 Å². The van der Waals surface area contributed by atoms with Crippen LogP contribution in [0.25, 0.3) is 10.2 Å². The van der Waals surface area contributed by atoms with Gasteiger partial charge in [-0.15, -0.1) is 11.3 Å². The highest BCUT2D eigenvalue weighted by Crippen LogP contribution is 2.27. The summed E-state index contributed by atoms with van der Waals surface area (Å²) in [5, 5.41) is 3.11. The maximum absolute atomic E-state index is 13.1. The average molecular weight is 422 g/mol. The smallest absolute Gasteiger partial charge is 0.253 e. The number of carbonyl (C=O) groups excluding carboxylic acids is 2. The van der Waals surface area contributed by atoms with E-state index in [4.69, 9.17) is 0 Å². The van der Waals surface area contributed by atoms with Crippen molar-refractivity contribution in [1.82, 2.24) is 19.8 Å². The summed E-state index contributed by atoms with van der Waals surface area (Å²) in [5.41, 5.74) is 1.70. The molecule has 0 radical (unpaired) electrons. The number of likely N-dealkylation sites (tertiary alicyclic amines) is 1.